The van der Waals surface area contributed by atoms with E-state index in [1.807, 2.05) is 6.92 Å². The van der Waals surface area contributed by atoms with E-state index in [9.17, 15) is 9.59 Å². The van der Waals surface area contributed by atoms with Crippen molar-refractivity contribution in [1.29, 1.82) is 0 Å². The van der Waals surface area contributed by atoms with E-state index in [4.69, 9.17) is 4.74 Å². The van der Waals surface area contributed by atoms with E-state index in [2.05, 4.69) is 10.6 Å². The van der Waals surface area contributed by atoms with Crippen LogP contribution in [0, 0.1) is 11.3 Å². The van der Waals surface area contributed by atoms with Crippen molar-refractivity contribution < 1.29 is 14.3 Å². The molecule has 2 saturated heterocycles. The van der Waals surface area contributed by atoms with Crippen LogP contribution in [0.1, 0.15) is 39.0 Å². The lowest BCUT2D eigenvalue weighted by Gasteiger charge is -2.32. The highest BCUT2D eigenvalue weighted by molar-refractivity contribution is 5.83. The lowest BCUT2D eigenvalue weighted by Crippen LogP contribution is -2.47. The number of nitrogens with zero attached hydrogens (tertiary/aromatic N) is 1. The number of piperidine rings is 2. The molecule has 1 spiro atoms. The van der Waals surface area contributed by atoms with E-state index in [-0.39, 0.29) is 24.0 Å². The van der Waals surface area contributed by atoms with Gasteiger partial charge in [-0.3, -0.25) is 4.79 Å². The van der Waals surface area contributed by atoms with Gasteiger partial charge in [0, 0.05) is 25.0 Å². The van der Waals surface area contributed by atoms with E-state index in [1.165, 1.54) is 0 Å². The average molecular weight is 309 g/mol. The zero-order chi connectivity index (χ0) is 15.6. The molecule has 3 aliphatic rings. The minimum absolute atomic E-state index is 0.206. The normalized spacial score (nSPS) is 27.5. The zero-order valence-electron chi connectivity index (χ0n) is 13.4. The number of likely N-dealkylation sites (tertiary alicyclic amines) is 1. The number of hydrogen-bond acceptors (Lipinski definition) is 4. The first-order chi connectivity index (χ1) is 10.6. The molecule has 2 heterocycles. The van der Waals surface area contributed by atoms with Gasteiger partial charge in [0.25, 0.3) is 0 Å². The number of rotatable bonds is 3. The largest absolute Gasteiger partial charge is 0.450 e. The maximum Gasteiger partial charge on any atom is 0.409 e. The number of amides is 2. The second-order valence-corrected chi connectivity index (χ2v) is 6.84. The number of carbonyl (C=O) groups is 2. The molecule has 124 valence electrons. The van der Waals surface area contributed by atoms with Crippen LogP contribution >= 0.6 is 0 Å². The van der Waals surface area contributed by atoms with Gasteiger partial charge in [-0.25, -0.2) is 4.79 Å². The Morgan fingerprint density at radius 2 is 1.95 bits per heavy atom. The molecule has 0 radical (unpaired) electrons. The third kappa shape index (κ3) is 3.21. The number of hydrogen-bond donors (Lipinski definition) is 2. The van der Waals surface area contributed by atoms with Crippen LogP contribution in [0.5, 0.6) is 0 Å². The Labute approximate surface area is 131 Å². The summed E-state index contributed by atoms with van der Waals surface area (Å²) in [5, 5.41) is 6.57. The molecule has 22 heavy (non-hydrogen) atoms. The number of carbonyl (C=O) groups excluding carboxylic acids is 2. The van der Waals surface area contributed by atoms with Crippen molar-refractivity contribution >= 4 is 12.0 Å². The van der Waals surface area contributed by atoms with Crippen LogP contribution in [0.25, 0.3) is 0 Å². The predicted octanol–water partition coefficient (Wildman–Crippen LogP) is 1.11. The molecule has 1 unspecified atom stereocenters. The second-order valence-electron chi connectivity index (χ2n) is 6.84. The van der Waals surface area contributed by atoms with Gasteiger partial charge in [-0.05, 0) is 57.5 Å². The first-order valence-corrected chi connectivity index (χ1v) is 8.57. The van der Waals surface area contributed by atoms with Crippen LogP contribution in [-0.2, 0) is 9.53 Å². The molecule has 3 fully saturated rings. The predicted molar refractivity (Wildman–Crippen MR) is 82.4 cm³/mol. The van der Waals surface area contributed by atoms with Gasteiger partial charge in [0.1, 0.15) is 0 Å². The third-order valence-electron chi connectivity index (χ3n) is 5.47. The molecule has 2 aliphatic heterocycles. The molecule has 2 N–H and O–H groups in total. The first-order valence-electron chi connectivity index (χ1n) is 8.57. The average Bonchev–Trinajstić information content (AvgIpc) is 3.22. The van der Waals surface area contributed by atoms with E-state index in [1.54, 1.807) is 4.90 Å². The van der Waals surface area contributed by atoms with Gasteiger partial charge >= 0.3 is 6.09 Å². The van der Waals surface area contributed by atoms with Crippen molar-refractivity contribution in [2.75, 3.05) is 32.8 Å². The topological polar surface area (TPSA) is 70.7 Å². The van der Waals surface area contributed by atoms with E-state index in [0.717, 1.165) is 45.2 Å². The smallest absolute Gasteiger partial charge is 0.409 e. The summed E-state index contributed by atoms with van der Waals surface area (Å²) in [4.78, 5) is 25.8. The van der Waals surface area contributed by atoms with Crippen molar-refractivity contribution in [2.24, 2.45) is 11.3 Å². The molecule has 6 heteroatoms. The Bertz CT molecular complexity index is 426. The fourth-order valence-corrected chi connectivity index (χ4v) is 3.92. The summed E-state index contributed by atoms with van der Waals surface area (Å²) in [5.74, 6) is 0.453. The molecule has 1 aliphatic carbocycles. The minimum Gasteiger partial charge on any atom is -0.450 e. The van der Waals surface area contributed by atoms with Crippen LogP contribution in [0.15, 0.2) is 0 Å². The summed E-state index contributed by atoms with van der Waals surface area (Å²) < 4.78 is 5.01. The lowest BCUT2D eigenvalue weighted by molar-refractivity contribution is -0.124. The molecule has 3 rings (SSSR count). The molecule has 1 atom stereocenters. The Balaban J connectivity index is 1.42. The summed E-state index contributed by atoms with van der Waals surface area (Å²) >= 11 is 0. The van der Waals surface area contributed by atoms with E-state index < -0.39 is 0 Å². The first kappa shape index (κ1) is 15.6. The monoisotopic (exact) mass is 309 g/mol. The molecule has 2 amide bonds. The summed E-state index contributed by atoms with van der Waals surface area (Å²) in [5.41, 5.74) is 0.293. The van der Waals surface area contributed by atoms with Crippen molar-refractivity contribution in [2.45, 2.75) is 45.1 Å². The van der Waals surface area contributed by atoms with Crippen LogP contribution in [0.3, 0.4) is 0 Å². The van der Waals surface area contributed by atoms with Gasteiger partial charge in [-0.2, -0.15) is 0 Å². The van der Waals surface area contributed by atoms with Gasteiger partial charge in [0.15, 0.2) is 0 Å². The van der Waals surface area contributed by atoms with Gasteiger partial charge in [0.05, 0.1) is 6.61 Å². The van der Waals surface area contributed by atoms with Gasteiger partial charge in [0.2, 0.25) is 5.91 Å². The standard InChI is InChI=1S/C16H27N3O3/c1-2-22-15(21)19-9-3-12(4-10-19)18-14(20)13-11-16(13)5-7-17-8-6-16/h12-13,17H,2-11H2,1H3,(H,18,20). The van der Waals surface area contributed by atoms with Gasteiger partial charge in [-0.1, -0.05) is 0 Å². The van der Waals surface area contributed by atoms with Crippen molar-refractivity contribution in [3.63, 3.8) is 0 Å². The summed E-state index contributed by atoms with van der Waals surface area (Å²) in [7, 11) is 0. The van der Waals surface area contributed by atoms with Crippen molar-refractivity contribution in [3.8, 4) is 0 Å². The Kier molecular flexibility index (Phi) is 4.57. The third-order valence-corrected chi connectivity index (χ3v) is 5.47. The van der Waals surface area contributed by atoms with Gasteiger partial charge < -0.3 is 20.3 Å². The maximum absolute atomic E-state index is 12.4. The molecule has 0 aromatic heterocycles. The minimum atomic E-state index is -0.233. The molecule has 0 bridgehead atoms. The van der Waals surface area contributed by atoms with E-state index >= 15 is 0 Å². The quantitative estimate of drug-likeness (QED) is 0.819. The maximum atomic E-state index is 12.4. The molecular weight excluding hydrogens is 282 g/mol. The summed E-state index contributed by atoms with van der Waals surface area (Å²) in [6, 6.07) is 0.206. The highest BCUT2D eigenvalue weighted by atomic mass is 16.6. The summed E-state index contributed by atoms with van der Waals surface area (Å²) in [6.45, 7) is 5.65. The highest BCUT2D eigenvalue weighted by Crippen LogP contribution is 2.58. The van der Waals surface area contributed by atoms with Gasteiger partial charge in [-0.15, -0.1) is 0 Å². The number of ether oxygens (including phenoxy) is 1. The molecule has 0 aromatic carbocycles. The van der Waals surface area contributed by atoms with Crippen molar-refractivity contribution in [1.82, 2.24) is 15.5 Å². The number of nitrogens with one attached hydrogen (secondary N) is 2. The molecule has 1 saturated carbocycles. The van der Waals surface area contributed by atoms with Crippen LogP contribution in [-0.4, -0.2) is 55.7 Å². The van der Waals surface area contributed by atoms with E-state index in [0.29, 0.717) is 25.1 Å². The molecular formula is C16H27N3O3. The summed E-state index contributed by atoms with van der Waals surface area (Å²) in [6.07, 6.45) is 4.74. The Morgan fingerprint density at radius 1 is 1.27 bits per heavy atom. The Morgan fingerprint density at radius 3 is 2.59 bits per heavy atom. The fourth-order valence-electron chi connectivity index (χ4n) is 3.92. The van der Waals surface area contributed by atoms with Crippen LogP contribution < -0.4 is 10.6 Å². The zero-order valence-corrected chi connectivity index (χ0v) is 13.4. The lowest BCUT2D eigenvalue weighted by atomic mass is 9.91. The van der Waals surface area contributed by atoms with Crippen LogP contribution in [0.2, 0.25) is 0 Å². The molecule has 0 aromatic rings. The van der Waals surface area contributed by atoms with Crippen LogP contribution in [0.4, 0.5) is 4.79 Å². The Hall–Kier alpha value is -1.30. The SMILES string of the molecule is CCOC(=O)N1CCC(NC(=O)C2CC23CCNCC3)CC1. The fraction of sp³-hybridized carbons (Fsp3) is 0.875. The highest BCUT2D eigenvalue weighted by Gasteiger charge is 2.57. The molecule has 6 nitrogen and oxygen atoms in total. The van der Waals surface area contributed by atoms with Crippen molar-refractivity contribution in [3.05, 3.63) is 0 Å². The second kappa shape index (κ2) is 6.44.